The molecule has 2 heterocycles. The fourth-order valence-electron chi connectivity index (χ4n) is 3.90. The van der Waals surface area contributed by atoms with Gasteiger partial charge in [0.15, 0.2) is 11.0 Å². The first-order valence-electron chi connectivity index (χ1n) is 11.7. The fourth-order valence-corrected chi connectivity index (χ4v) is 4.85. The van der Waals surface area contributed by atoms with Crippen LogP contribution in [0, 0.1) is 0 Å². The molecule has 186 valence electrons. The predicted octanol–water partition coefficient (Wildman–Crippen LogP) is 6.23. The number of nitrogens with zero attached hydrogens (tertiary/aromatic N) is 6. The van der Waals surface area contributed by atoms with Crippen molar-refractivity contribution in [3.8, 4) is 28.6 Å². The fraction of sp³-hybridized carbons (Fsp3) is 0.0357. The second kappa shape index (κ2) is 10.5. The maximum atomic E-state index is 12.9. The van der Waals surface area contributed by atoms with E-state index < -0.39 is 0 Å². The molecule has 2 aromatic heterocycles. The molecule has 0 fully saturated rings. The Morgan fingerprint density at radius 1 is 0.763 bits per heavy atom. The van der Waals surface area contributed by atoms with Crippen LogP contribution in [0.25, 0.3) is 28.0 Å². The van der Waals surface area contributed by atoms with E-state index in [1.54, 1.807) is 12.1 Å². The molecule has 0 atom stereocenters. The number of hydrogen-bond donors (Lipinski definition) is 0. The molecule has 0 radical (unpaired) electrons. The summed E-state index contributed by atoms with van der Waals surface area (Å²) in [5, 5.41) is 18.9. The predicted molar refractivity (Wildman–Crippen MR) is 148 cm³/mol. The van der Waals surface area contributed by atoms with Crippen molar-refractivity contribution in [1.29, 1.82) is 0 Å². The highest BCUT2D eigenvalue weighted by atomic mass is 35.5. The molecule has 6 aromatic rings. The lowest BCUT2D eigenvalue weighted by atomic mass is 10.2. The molecule has 4 aromatic carbocycles. The van der Waals surface area contributed by atoms with Gasteiger partial charge in [-0.2, -0.15) is 4.68 Å². The highest BCUT2D eigenvalue weighted by molar-refractivity contribution is 7.98. The van der Waals surface area contributed by atoms with Crippen LogP contribution in [0.3, 0.4) is 0 Å². The van der Waals surface area contributed by atoms with E-state index in [9.17, 15) is 4.79 Å². The molecule has 0 aliphatic carbocycles. The Bertz CT molecular complexity index is 1770. The van der Waals surface area contributed by atoms with Crippen LogP contribution < -0.4 is 10.3 Å². The maximum absolute atomic E-state index is 12.9. The van der Waals surface area contributed by atoms with Gasteiger partial charge in [0, 0.05) is 10.6 Å². The average molecular weight is 539 g/mol. The summed E-state index contributed by atoms with van der Waals surface area (Å²) in [7, 11) is 0. The van der Waals surface area contributed by atoms with E-state index in [2.05, 4.69) is 20.5 Å². The summed E-state index contributed by atoms with van der Waals surface area (Å²) in [5.41, 5.74) is 2.03. The number of halogens is 1. The van der Waals surface area contributed by atoms with Crippen LogP contribution in [0.15, 0.2) is 113 Å². The molecule has 0 saturated heterocycles. The lowest BCUT2D eigenvalue weighted by Gasteiger charge is -2.12. The van der Waals surface area contributed by atoms with Crippen LogP contribution in [-0.4, -0.2) is 29.8 Å². The van der Waals surface area contributed by atoms with E-state index >= 15 is 0 Å². The van der Waals surface area contributed by atoms with E-state index in [1.807, 2.05) is 95.6 Å². The van der Waals surface area contributed by atoms with Crippen LogP contribution in [0.2, 0.25) is 5.02 Å². The minimum Gasteiger partial charge on any atom is -0.457 e. The topological polar surface area (TPSA) is 87.7 Å². The van der Waals surface area contributed by atoms with Crippen molar-refractivity contribution in [1.82, 2.24) is 29.8 Å². The van der Waals surface area contributed by atoms with Gasteiger partial charge in [-0.3, -0.25) is 9.36 Å². The molecule has 0 spiro atoms. The molecule has 38 heavy (non-hydrogen) atoms. The third-order valence-electron chi connectivity index (χ3n) is 5.75. The first-order chi connectivity index (χ1) is 18.7. The summed E-state index contributed by atoms with van der Waals surface area (Å²) >= 11 is 7.45. The van der Waals surface area contributed by atoms with Crippen molar-refractivity contribution in [2.45, 2.75) is 11.0 Å². The Morgan fingerprint density at radius 2 is 1.47 bits per heavy atom. The Labute approximate surface area is 226 Å². The highest BCUT2D eigenvalue weighted by Crippen LogP contribution is 2.31. The zero-order valence-electron chi connectivity index (χ0n) is 19.8. The molecule has 0 saturated carbocycles. The smallest absolute Gasteiger partial charge is 0.278 e. The van der Waals surface area contributed by atoms with Crippen LogP contribution in [0.5, 0.6) is 11.5 Å². The monoisotopic (exact) mass is 538 g/mol. The van der Waals surface area contributed by atoms with Gasteiger partial charge in [-0.25, -0.2) is 0 Å². The molecule has 8 nitrogen and oxygen atoms in total. The number of thioether (sulfide) groups is 1. The standard InChI is InChI=1S/C28H19ClN6O2S/c29-20-12-10-19(11-13-20)26-31-32-28(38-18-34-27(36)24-8-4-5-9-25(24)30-33-34)35(26)21-14-16-23(17-15-21)37-22-6-2-1-3-7-22/h1-17H,18H2. The normalized spacial score (nSPS) is 11.1. The van der Waals surface area contributed by atoms with Crippen molar-refractivity contribution in [2.75, 3.05) is 0 Å². The minimum atomic E-state index is -0.213. The summed E-state index contributed by atoms with van der Waals surface area (Å²) in [6, 6.07) is 31.8. The Kier molecular flexibility index (Phi) is 6.60. The Balaban J connectivity index is 1.34. The summed E-state index contributed by atoms with van der Waals surface area (Å²) in [6.45, 7) is 0. The number of aromatic nitrogens is 6. The number of ether oxygens (including phenoxy) is 1. The van der Waals surface area contributed by atoms with Crippen LogP contribution >= 0.6 is 23.4 Å². The summed E-state index contributed by atoms with van der Waals surface area (Å²) in [6.07, 6.45) is 0. The first-order valence-corrected chi connectivity index (χ1v) is 13.0. The average Bonchev–Trinajstić information content (AvgIpc) is 3.38. The van der Waals surface area contributed by atoms with Crippen LogP contribution in [0.1, 0.15) is 0 Å². The van der Waals surface area contributed by atoms with E-state index in [0.717, 1.165) is 17.0 Å². The highest BCUT2D eigenvalue weighted by Gasteiger charge is 2.17. The molecule has 0 amide bonds. The lowest BCUT2D eigenvalue weighted by Crippen LogP contribution is -2.23. The van der Waals surface area contributed by atoms with Gasteiger partial charge in [0.05, 0.1) is 17.0 Å². The molecule has 0 aliphatic heterocycles. The molecule has 0 N–H and O–H groups in total. The zero-order chi connectivity index (χ0) is 25.9. The van der Waals surface area contributed by atoms with Crippen molar-refractivity contribution >= 4 is 34.3 Å². The minimum absolute atomic E-state index is 0.213. The van der Waals surface area contributed by atoms with Crippen molar-refractivity contribution in [2.24, 2.45) is 0 Å². The van der Waals surface area contributed by atoms with Gasteiger partial charge in [0.2, 0.25) is 0 Å². The number of rotatable bonds is 7. The molecule has 10 heteroatoms. The summed E-state index contributed by atoms with van der Waals surface area (Å²) in [4.78, 5) is 12.9. The van der Waals surface area contributed by atoms with E-state index in [-0.39, 0.29) is 11.4 Å². The Hall–Kier alpha value is -4.47. The van der Waals surface area contributed by atoms with Gasteiger partial charge in [-0.1, -0.05) is 58.9 Å². The first kappa shape index (κ1) is 23.9. The van der Waals surface area contributed by atoms with Gasteiger partial charge >= 0.3 is 0 Å². The second-order valence-electron chi connectivity index (χ2n) is 8.24. The SMILES string of the molecule is O=c1c2ccccc2nnn1CSc1nnc(-c2ccc(Cl)cc2)n1-c1ccc(Oc2ccccc2)cc1. The van der Waals surface area contributed by atoms with Gasteiger partial charge in [-0.15, -0.1) is 15.3 Å². The maximum Gasteiger partial charge on any atom is 0.278 e. The van der Waals surface area contributed by atoms with E-state index in [1.165, 1.54) is 16.4 Å². The number of fused-ring (bicyclic) bond motifs is 1. The van der Waals surface area contributed by atoms with E-state index in [4.69, 9.17) is 16.3 Å². The molecule has 0 unspecified atom stereocenters. The largest absolute Gasteiger partial charge is 0.457 e. The Morgan fingerprint density at radius 3 is 2.26 bits per heavy atom. The third kappa shape index (κ3) is 4.89. The van der Waals surface area contributed by atoms with Gasteiger partial charge in [0.1, 0.15) is 17.0 Å². The quantitative estimate of drug-likeness (QED) is 0.222. The van der Waals surface area contributed by atoms with Gasteiger partial charge in [0.25, 0.3) is 5.56 Å². The van der Waals surface area contributed by atoms with E-state index in [0.29, 0.717) is 32.7 Å². The van der Waals surface area contributed by atoms with Gasteiger partial charge in [-0.05, 0) is 72.8 Å². The zero-order valence-corrected chi connectivity index (χ0v) is 21.4. The number of para-hydroxylation sites is 1. The van der Waals surface area contributed by atoms with Gasteiger partial charge < -0.3 is 4.74 Å². The van der Waals surface area contributed by atoms with Crippen molar-refractivity contribution in [3.63, 3.8) is 0 Å². The molecule has 0 aliphatic rings. The second-order valence-corrected chi connectivity index (χ2v) is 9.59. The van der Waals surface area contributed by atoms with Crippen LogP contribution in [-0.2, 0) is 5.88 Å². The van der Waals surface area contributed by atoms with Crippen LogP contribution in [0.4, 0.5) is 0 Å². The number of hydrogen-bond acceptors (Lipinski definition) is 7. The van der Waals surface area contributed by atoms with Crippen molar-refractivity contribution in [3.05, 3.63) is 119 Å². The molecular weight excluding hydrogens is 520 g/mol. The summed E-state index contributed by atoms with van der Waals surface area (Å²) in [5.74, 6) is 2.31. The lowest BCUT2D eigenvalue weighted by molar-refractivity contribution is 0.482. The molecule has 6 rings (SSSR count). The third-order valence-corrected chi connectivity index (χ3v) is 6.90. The number of benzene rings is 4. The summed E-state index contributed by atoms with van der Waals surface area (Å²) < 4.78 is 9.20. The molecule has 0 bridgehead atoms. The molecular formula is C28H19ClN6O2S. The van der Waals surface area contributed by atoms with Crippen molar-refractivity contribution < 1.29 is 4.74 Å².